The van der Waals surface area contributed by atoms with Gasteiger partial charge in [-0.2, -0.15) is 0 Å². The van der Waals surface area contributed by atoms with Crippen LogP contribution in [-0.2, 0) is 9.59 Å². The summed E-state index contributed by atoms with van der Waals surface area (Å²) in [6.07, 6.45) is 0.704. The molecule has 2 rings (SSSR count). The molecule has 1 aromatic carbocycles. The smallest absolute Gasteiger partial charge is 0.234 e. The van der Waals surface area contributed by atoms with Crippen LogP contribution < -0.4 is 15.4 Å². The predicted molar refractivity (Wildman–Crippen MR) is 72.9 cm³/mol. The zero-order chi connectivity index (χ0) is 14.2. The predicted octanol–water partition coefficient (Wildman–Crippen LogP) is 1.96. The Bertz CT molecular complexity index is 517. The number of hydrogen-bond acceptors (Lipinski definition) is 4. The van der Waals surface area contributed by atoms with E-state index in [1.165, 1.54) is 12.0 Å². The summed E-state index contributed by atoms with van der Waals surface area (Å²) >= 11 is 0. The lowest BCUT2D eigenvalue weighted by atomic mass is 9.81. The molecule has 2 amide bonds. The van der Waals surface area contributed by atoms with Crippen molar-refractivity contribution in [1.29, 1.82) is 0 Å². The van der Waals surface area contributed by atoms with Crippen molar-refractivity contribution in [3.63, 3.8) is 0 Å². The van der Waals surface area contributed by atoms with Crippen LogP contribution in [0, 0.1) is 5.41 Å². The molecule has 0 aliphatic carbocycles. The van der Waals surface area contributed by atoms with Crippen molar-refractivity contribution in [2.45, 2.75) is 26.7 Å². The first-order valence-corrected chi connectivity index (χ1v) is 6.13. The van der Waals surface area contributed by atoms with E-state index in [-0.39, 0.29) is 17.2 Å². The SMILES string of the molecule is COc1ccc(N2C(=O)CC(C)(C)CC2=O)cc1N. The van der Waals surface area contributed by atoms with Gasteiger partial charge in [0.1, 0.15) is 5.75 Å². The molecule has 1 aliphatic rings. The number of nitrogen functional groups attached to an aromatic ring is 1. The maximum Gasteiger partial charge on any atom is 0.234 e. The van der Waals surface area contributed by atoms with E-state index in [1.807, 2.05) is 13.8 Å². The maximum absolute atomic E-state index is 12.1. The Kier molecular flexibility index (Phi) is 3.22. The van der Waals surface area contributed by atoms with Crippen LogP contribution in [0.15, 0.2) is 18.2 Å². The van der Waals surface area contributed by atoms with Crippen LogP contribution in [0.2, 0.25) is 0 Å². The molecule has 0 atom stereocenters. The molecule has 1 saturated heterocycles. The number of amides is 2. The molecule has 1 aliphatic heterocycles. The lowest BCUT2D eigenvalue weighted by molar-refractivity contribution is -0.132. The van der Waals surface area contributed by atoms with Gasteiger partial charge in [-0.15, -0.1) is 0 Å². The molecule has 0 spiro atoms. The van der Waals surface area contributed by atoms with Gasteiger partial charge < -0.3 is 10.5 Å². The summed E-state index contributed by atoms with van der Waals surface area (Å²) in [6.45, 7) is 3.84. The third-order valence-corrected chi connectivity index (χ3v) is 3.23. The number of imide groups is 1. The van der Waals surface area contributed by atoms with E-state index in [0.29, 0.717) is 30.0 Å². The summed E-state index contributed by atoms with van der Waals surface area (Å²) in [5.74, 6) is 0.151. The van der Waals surface area contributed by atoms with Gasteiger partial charge in [-0.3, -0.25) is 14.5 Å². The summed E-state index contributed by atoms with van der Waals surface area (Å²) in [5.41, 5.74) is 6.44. The number of carbonyl (C=O) groups is 2. The molecule has 19 heavy (non-hydrogen) atoms. The van der Waals surface area contributed by atoms with Crippen molar-refractivity contribution in [1.82, 2.24) is 0 Å². The van der Waals surface area contributed by atoms with Crippen molar-refractivity contribution in [3.8, 4) is 5.75 Å². The molecular weight excluding hydrogens is 244 g/mol. The quantitative estimate of drug-likeness (QED) is 0.653. The van der Waals surface area contributed by atoms with Gasteiger partial charge >= 0.3 is 0 Å². The lowest BCUT2D eigenvalue weighted by Crippen LogP contribution is -2.46. The summed E-state index contributed by atoms with van der Waals surface area (Å²) in [5, 5.41) is 0. The number of benzene rings is 1. The van der Waals surface area contributed by atoms with Gasteiger partial charge in [-0.1, -0.05) is 13.8 Å². The van der Waals surface area contributed by atoms with Crippen molar-refractivity contribution in [2.75, 3.05) is 17.7 Å². The minimum Gasteiger partial charge on any atom is -0.495 e. The highest BCUT2D eigenvalue weighted by molar-refractivity contribution is 6.17. The molecule has 0 unspecified atom stereocenters. The summed E-state index contributed by atoms with van der Waals surface area (Å²) < 4.78 is 5.06. The minimum absolute atomic E-state index is 0.189. The molecule has 0 aromatic heterocycles. The number of rotatable bonds is 2. The number of carbonyl (C=O) groups excluding carboxylic acids is 2. The van der Waals surface area contributed by atoms with Crippen LogP contribution >= 0.6 is 0 Å². The van der Waals surface area contributed by atoms with Gasteiger partial charge in [0, 0.05) is 12.8 Å². The van der Waals surface area contributed by atoms with Crippen LogP contribution in [0.3, 0.4) is 0 Å². The molecule has 1 heterocycles. The number of nitrogens with zero attached hydrogens (tertiary/aromatic N) is 1. The van der Waals surface area contributed by atoms with Crippen molar-refractivity contribution >= 4 is 23.2 Å². The number of hydrogen-bond donors (Lipinski definition) is 1. The fourth-order valence-corrected chi connectivity index (χ4v) is 2.33. The van der Waals surface area contributed by atoms with Crippen LogP contribution in [-0.4, -0.2) is 18.9 Å². The van der Waals surface area contributed by atoms with Crippen LogP contribution in [0.5, 0.6) is 5.75 Å². The summed E-state index contributed by atoms with van der Waals surface area (Å²) in [6, 6.07) is 4.92. The fourth-order valence-electron chi connectivity index (χ4n) is 2.33. The Balaban J connectivity index is 2.34. The van der Waals surface area contributed by atoms with Crippen molar-refractivity contribution < 1.29 is 14.3 Å². The van der Waals surface area contributed by atoms with Crippen molar-refractivity contribution in [3.05, 3.63) is 18.2 Å². The van der Waals surface area contributed by atoms with Crippen LogP contribution in [0.4, 0.5) is 11.4 Å². The average Bonchev–Trinajstić information content (AvgIpc) is 2.26. The Labute approximate surface area is 112 Å². The Morgan fingerprint density at radius 2 is 1.79 bits per heavy atom. The number of piperidine rings is 1. The largest absolute Gasteiger partial charge is 0.495 e. The third-order valence-electron chi connectivity index (χ3n) is 3.23. The van der Waals surface area contributed by atoms with Crippen LogP contribution in [0.25, 0.3) is 0 Å². The van der Waals surface area contributed by atoms with E-state index in [0.717, 1.165) is 0 Å². The second-order valence-electron chi connectivity index (χ2n) is 5.57. The van der Waals surface area contributed by atoms with Crippen molar-refractivity contribution in [2.24, 2.45) is 5.41 Å². The number of ether oxygens (including phenoxy) is 1. The van der Waals surface area contributed by atoms with Gasteiger partial charge in [0.2, 0.25) is 11.8 Å². The molecule has 2 N–H and O–H groups in total. The Morgan fingerprint density at radius 3 is 2.26 bits per heavy atom. The molecule has 5 nitrogen and oxygen atoms in total. The topological polar surface area (TPSA) is 72.6 Å². The number of nitrogens with two attached hydrogens (primary N) is 1. The molecule has 1 aromatic rings. The van der Waals surface area contributed by atoms with Gasteiger partial charge in [-0.05, 0) is 23.6 Å². The minimum atomic E-state index is -0.275. The fraction of sp³-hybridized carbons (Fsp3) is 0.429. The van der Waals surface area contributed by atoms with Gasteiger partial charge in [-0.25, -0.2) is 0 Å². The van der Waals surface area contributed by atoms with E-state index in [4.69, 9.17) is 10.5 Å². The molecule has 5 heteroatoms. The first-order chi connectivity index (χ1) is 8.84. The molecular formula is C14H18N2O3. The van der Waals surface area contributed by atoms with Gasteiger partial charge in [0.05, 0.1) is 18.5 Å². The molecule has 0 saturated carbocycles. The van der Waals surface area contributed by atoms with E-state index < -0.39 is 0 Å². The first-order valence-electron chi connectivity index (χ1n) is 6.13. The highest BCUT2D eigenvalue weighted by atomic mass is 16.5. The molecule has 1 fully saturated rings. The highest BCUT2D eigenvalue weighted by Crippen LogP contribution is 2.35. The zero-order valence-electron chi connectivity index (χ0n) is 11.4. The normalized spacial score (nSPS) is 18.6. The first kappa shape index (κ1) is 13.4. The molecule has 0 radical (unpaired) electrons. The van der Waals surface area contributed by atoms with Gasteiger partial charge in [0.25, 0.3) is 0 Å². The standard InChI is InChI=1S/C14H18N2O3/c1-14(2)7-12(17)16(13(18)8-14)9-4-5-11(19-3)10(15)6-9/h4-6H,7-8,15H2,1-3H3. The highest BCUT2D eigenvalue weighted by Gasteiger charge is 2.38. The van der Waals surface area contributed by atoms with Crippen LogP contribution in [0.1, 0.15) is 26.7 Å². The lowest BCUT2D eigenvalue weighted by Gasteiger charge is -2.34. The third kappa shape index (κ3) is 2.54. The second-order valence-corrected chi connectivity index (χ2v) is 5.57. The Morgan fingerprint density at radius 1 is 1.21 bits per heavy atom. The number of anilines is 2. The zero-order valence-corrected chi connectivity index (χ0v) is 11.4. The van der Waals surface area contributed by atoms with E-state index in [2.05, 4.69) is 0 Å². The molecule has 0 bridgehead atoms. The van der Waals surface area contributed by atoms with E-state index in [1.54, 1.807) is 18.2 Å². The Hall–Kier alpha value is -2.04. The van der Waals surface area contributed by atoms with E-state index in [9.17, 15) is 9.59 Å². The molecule has 102 valence electrons. The maximum atomic E-state index is 12.1. The number of methoxy groups -OCH3 is 1. The second kappa shape index (κ2) is 4.57. The van der Waals surface area contributed by atoms with Gasteiger partial charge in [0.15, 0.2) is 0 Å². The summed E-state index contributed by atoms with van der Waals surface area (Å²) in [7, 11) is 1.52. The summed E-state index contributed by atoms with van der Waals surface area (Å²) in [4.78, 5) is 25.4. The average molecular weight is 262 g/mol. The monoisotopic (exact) mass is 262 g/mol. The van der Waals surface area contributed by atoms with E-state index >= 15 is 0 Å².